The number of pyridine rings is 1. The number of rotatable bonds is 5. The van der Waals surface area contributed by atoms with Gasteiger partial charge in [-0.3, -0.25) is 14.5 Å². The molecule has 0 aliphatic heterocycles. The maximum absolute atomic E-state index is 12.7. The molecule has 5 nitrogen and oxygen atoms in total. The van der Waals surface area contributed by atoms with Crippen LogP contribution in [0.5, 0.6) is 0 Å². The highest BCUT2D eigenvalue weighted by molar-refractivity contribution is 7.92. The van der Waals surface area contributed by atoms with Crippen LogP contribution in [0.25, 0.3) is 0 Å². The largest absolute Gasteiger partial charge is 0.287 e. The highest BCUT2D eigenvalue weighted by Crippen LogP contribution is 2.28. The molecule has 0 aliphatic carbocycles. The van der Waals surface area contributed by atoms with Gasteiger partial charge in [-0.25, -0.2) is 8.42 Å². The van der Waals surface area contributed by atoms with Crippen molar-refractivity contribution in [1.29, 1.82) is 0 Å². The first-order valence-electron chi connectivity index (χ1n) is 7.51. The van der Waals surface area contributed by atoms with Gasteiger partial charge in [-0.2, -0.15) is 0 Å². The van der Waals surface area contributed by atoms with Crippen molar-refractivity contribution in [1.82, 2.24) is 4.98 Å². The predicted molar refractivity (Wildman–Crippen MR) is 106 cm³/mol. The van der Waals surface area contributed by atoms with Crippen LogP contribution >= 0.6 is 34.8 Å². The Labute approximate surface area is 171 Å². The molecule has 3 aromatic rings. The summed E-state index contributed by atoms with van der Waals surface area (Å²) in [5, 5.41) is 0.611. The Balaban J connectivity index is 2.02. The highest BCUT2D eigenvalue weighted by atomic mass is 35.5. The molecule has 0 atom stereocenters. The van der Waals surface area contributed by atoms with Crippen LogP contribution in [0.15, 0.2) is 65.7 Å². The molecular formula is C18H11Cl3N2O3S. The standard InChI is InChI=1S/C18H11Cl3N2O3S/c19-11-4-7-16(13(9-11)18(24)17-3-1-2-8-22-17)23-27(25,26)12-5-6-14(20)15(21)10-12/h1-10,23H. The Morgan fingerprint density at radius 1 is 0.926 bits per heavy atom. The van der Waals surface area contributed by atoms with E-state index < -0.39 is 15.8 Å². The second-order valence-corrected chi connectivity index (χ2v) is 8.35. The number of ketones is 1. The van der Waals surface area contributed by atoms with Gasteiger partial charge in [0, 0.05) is 16.8 Å². The zero-order valence-electron chi connectivity index (χ0n) is 13.5. The van der Waals surface area contributed by atoms with Gasteiger partial charge in [0.25, 0.3) is 10.0 Å². The van der Waals surface area contributed by atoms with Gasteiger partial charge in [-0.15, -0.1) is 0 Å². The van der Waals surface area contributed by atoms with Crippen molar-refractivity contribution in [2.75, 3.05) is 4.72 Å². The molecule has 0 unspecified atom stereocenters. The summed E-state index contributed by atoms with van der Waals surface area (Å²) < 4.78 is 27.8. The second-order valence-electron chi connectivity index (χ2n) is 5.42. The van der Waals surface area contributed by atoms with Crippen molar-refractivity contribution in [3.63, 3.8) is 0 Å². The Kier molecular flexibility index (Phi) is 5.72. The first-order valence-corrected chi connectivity index (χ1v) is 10.1. The number of hydrogen-bond acceptors (Lipinski definition) is 4. The molecule has 3 rings (SSSR count). The van der Waals surface area contributed by atoms with Crippen LogP contribution in [-0.2, 0) is 10.0 Å². The molecule has 2 aromatic carbocycles. The van der Waals surface area contributed by atoms with E-state index in [0.29, 0.717) is 0 Å². The third kappa shape index (κ3) is 4.42. The zero-order chi connectivity index (χ0) is 19.6. The van der Waals surface area contributed by atoms with Crippen molar-refractivity contribution in [3.05, 3.63) is 87.1 Å². The van der Waals surface area contributed by atoms with Gasteiger partial charge in [-0.05, 0) is 48.5 Å². The Morgan fingerprint density at radius 2 is 1.70 bits per heavy atom. The van der Waals surface area contributed by atoms with E-state index >= 15 is 0 Å². The predicted octanol–water partition coefficient (Wildman–Crippen LogP) is 5.07. The minimum Gasteiger partial charge on any atom is -0.287 e. The molecular weight excluding hydrogens is 431 g/mol. The maximum atomic E-state index is 12.7. The fraction of sp³-hybridized carbons (Fsp3) is 0. The van der Waals surface area contributed by atoms with Crippen LogP contribution in [0.2, 0.25) is 15.1 Å². The number of nitrogens with one attached hydrogen (secondary N) is 1. The number of sulfonamides is 1. The molecule has 9 heteroatoms. The van der Waals surface area contributed by atoms with E-state index in [4.69, 9.17) is 34.8 Å². The Morgan fingerprint density at radius 3 is 2.37 bits per heavy atom. The molecule has 138 valence electrons. The van der Waals surface area contributed by atoms with Crippen molar-refractivity contribution >= 4 is 56.3 Å². The maximum Gasteiger partial charge on any atom is 0.261 e. The van der Waals surface area contributed by atoms with Crippen molar-refractivity contribution < 1.29 is 13.2 Å². The zero-order valence-corrected chi connectivity index (χ0v) is 16.6. The molecule has 0 spiro atoms. The van der Waals surface area contributed by atoms with Crippen molar-refractivity contribution in [3.8, 4) is 0 Å². The lowest BCUT2D eigenvalue weighted by Crippen LogP contribution is -2.16. The van der Waals surface area contributed by atoms with Gasteiger partial charge >= 0.3 is 0 Å². The third-order valence-electron chi connectivity index (χ3n) is 3.57. The fourth-order valence-electron chi connectivity index (χ4n) is 2.28. The molecule has 1 N–H and O–H groups in total. The molecule has 0 bridgehead atoms. The molecule has 0 fully saturated rings. The molecule has 0 radical (unpaired) electrons. The normalized spacial score (nSPS) is 11.2. The van der Waals surface area contributed by atoms with Gasteiger partial charge in [0.15, 0.2) is 0 Å². The van der Waals surface area contributed by atoms with E-state index in [2.05, 4.69) is 9.71 Å². The van der Waals surface area contributed by atoms with Crippen molar-refractivity contribution in [2.24, 2.45) is 0 Å². The molecule has 27 heavy (non-hydrogen) atoms. The number of carbonyl (C=O) groups excluding carboxylic acids is 1. The van der Waals surface area contributed by atoms with E-state index in [-0.39, 0.29) is 36.9 Å². The molecule has 0 aliphatic rings. The summed E-state index contributed by atoms with van der Waals surface area (Å²) in [6.07, 6.45) is 1.47. The van der Waals surface area contributed by atoms with Crippen LogP contribution in [0, 0.1) is 0 Å². The van der Waals surface area contributed by atoms with E-state index in [1.165, 1.54) is 48.7 Å². The smallest absolute Gasteiger partial charge is 0.261 e. The fourth-order valence-corrected chi connectivity index (χ4v) is 3.92. The lowest BCUT2D eigenvalue weighted by Gasteiger charge is -2.13. The first-order chi connectivity index (χ1) is 12.8. The van der Waals surface area contributed by atoms with Crippen LogP contribution in [0.4, 0.5) is 5.69 Å². The minimum atomic E-state index is -4.01. The van der Waals surface area contributed by atoms with Gasteiger partial charge in [0.05, 0.1) is 20.6 Å². The van der Waals surface area contributed by atoms with Crippen LogP contribution in [0.1, 0.15) is 16.1 Å². The van der Waals surface area contributed by atoms with E-state index in [0.717, 1.165) is 0 Å². The number of anilines is 1. The monoisotopic (exact) mass is 440 g/mol. The van der Waals surface area contributed by atoms with Gasteiger partial charge in [0.1, 0.15) is 5.69 Å². The second kappa shape index (κ2) is 7.86. The summed E-state index contributed by atoms with van der Waals surface area (Å²) in [6.45, 7) is 0. The molecule has 0 saturated carbocycles. The molecule has 1 aromatic heterocycles. The highest BCUT2D eigenvalue weighted by Gasteiger charge is 2.21. The van der Waals surface area contributed by atoms with Gasteiger partial charge in [-0.1, -0.05) is 40.9 Å². The summed E-state index contributed by atoms with van der Waals surface area (Å²) in [7, 11) is -4.01. The molecule has 1 heterocycles. The Hall–Kier alpha value is -2.12. The minimum absolute atomic E-state index is 0.0705. The summed E-state index contributed by atoms with van der Waals surface area (Å²) in [5.74, 6) is -0.468. The number of benzene rings is 2. The van der Waals surface area contributed by atoms with Gasteiger partial charge in [0.2, 0.25) is 5.78 Å². The SMILES string of the molecule is O=C(c1ccccn1)c1cc(Cl)ccc1NS(=O)(=O)c1ccc(Cl)c(Cl)c1. The third-order valence-corrected chi connectivity index (χ3v) is 5.91. The average Bonchev–Trinajstić information content (AvgIpc) is 2.65. The molecule has 0 amide bonds. The molecule has 0 saturated heterocycles. The Bertz CT molecular complexity index is 1120. The van der Waals surface area contributed by atoms with E-state index in [1.54, 1.807) is 12.1 Å². The van der Waals surface area contributed by atoms with Gasteiger partial charge < -0.3 is 0 Å². The number of aromatic nitrogens is 1. The van der Waals surface area contributed by atoms with E-state index in [1.807, 2.05) is 0 Å². The number of hydrogen-bond donors (Lipinski definition) is 1. The van der Waals surface area contributed by atoms with Crippen molar-refractivity contribution in [2.45, 2.75) is 4.90 Å². The van der Waals surface area contributed by atoms with E-state index in [9.17, 15) is 13.2 Å². The summed E-state index contributed by atoms with van der Waals surface area (Å²) >= 11 is 17.7. The summed E-state index contributed by atoms with van der Waals surface area (Å²) in [4.78, 5) is 16.7. The van der Waals surface area contributed by atoms with Crippen LogP contribution in [-0.4, -0.2) is 19.2 Å². The number of halogens is 3. The number of nitrogens with zero attached hydrogens (tertiary/aromatic N) is 1. The number of carbonyl (C=O) groups is 1. The lowest BCUT2D eigenvalue weighted by molar-refractivity contribution is 0.103. The average molecular weight is 442 g/mol. The lowest BCUT2D eigenvalue weighted by atomic mass is 10.1. The summed E-state index contributed by atoms with van der Waals surface area (Å²) in [6, 6.07) is 13.0. The topological polar surface area (TPSA) is 76.1 Å². The first kappa shape index (κ1) is 19.6. The van der Waals surface area contributed by atoms with Crippen LogP contribution in [0.3, 0.4) is 0 Å². The summed E-state index contributed by atoms with van der Waals surface area (Å²) in [5.41, 5.74) is 0.306. The quantitative estimate of drug-likeness (QED) is 0.561. The van der Waals surface area contributed by atoms with Crippen LogP contribution < -0.4 is 4.72 Å².